The SMILES string of the molecule is Cc1nn(C)c(NCCC[N+](C)(C)C)c1N.[Cl-]. The molecule has 0 aliphatic rings. The number of aryl methyl sites for hydroxylation is 2. The first-order valence-corrected chi connectivity index (χ1v) is 5.64. The number of nitrogens with one attached hydrogen (secondary N) is 1. The van der Waals surface area contributed by atoms with E-state index in [1.165, 1.54) is 0 Å². The molecule has 6 heteroatoms. The summed E-state index contributed by atoms with van der Waals surface area (Å²) in [5.41, 5.74) is 7.56. The predicted octanol–water partition coefficient (Wildman–Crippen LogP) is -2.18. The third-order valence-corrected chi connectivity index (χ3v) is 2.57. The van der Waals surface area contributed by atoms with Gasteiger partial charge in [-0.15, -0.1) is 0 Å². The Morgan fingerprint density at radius 2 is 1.94 bits per heavy atom. The average Bonchev–Trinajstić information content (AvgIpc) is 2.36. The van der Waals surface area contributed by atoms with Gasteiger partial charge in [0.1, 0.15) is 5.82 Å². The summed E-state index contributed by atoms with van der Waals surface area (Å²) in [6, 6.07) is 0. The zero-order valence-electron chi connectivity index (χ0n) is 11.4. The molecular formula is C11H24ClN5. The summed E-state index contributed by atoms with van der Waals surface area (Å²) in [6.07, 6.45) is 1.12. The number of nitrogens with two attached hydrogens (primary N) is 1. The lowest BCUT2D eigenvalue weighted by Crippen LogP contribution is -3.00. The fraction of sp³-hybridized carbons (Fsp3) is 0.727. The summed E-state index contributed by atoms with van der Waals surface area (Å²) in [5.74, 6) is 0.930. The molecule has 100 valence electrons. The van der Waals surface area contributed by atoms with Crippen LogP contribution in [0.15, 0.2) is 0 Å². The van der Waals surface area contributed by atoms with Gasteiger partial charge in [0, 0.05) is 20.0 Å². The lowest BCUT2D eigenvalue weighted by atomic mass is 10.3. The van der Waals surface area contributed by atoms with Gasteiger partial charge in [0.05, 0.1) is 39.1 Å². The van der Waals surface area contributed by atoms with Gasteiger partial charge < -0.3 is 27.9 Å². The minimum atomic E-state index is 0. The fourth-order valence-electron chi connectivity index (χ4n) is 1.64. The molecule has 0 amide bonds. The summed E-state index contributed by atoms with van der Waals surface area (Å²) in [4.78, 5) is 0. The molecule has 0 radical (unpaired) electrons. The topological polar surface area (TPSA) is 55.9 Å². The molecule has 1 heterocycles. The number of nitrogens with zero attached hydrogens (tertiary/aromatic N) is 3. The maximum absolute atomic E-state index is 5.92. The van der Waals surface area contributed by atoms with Crippen molar-refractivity contribution in [2.45, 2.75) is 13.3 Å². The average molecular weight is 262 g/mol. The largest absolute Gasteiger partial charge is 1.00 e. The number of quaternary nitrogens is 1. The second-order valence-corrected chi connectivity index (χ2v) is 5.27. The van der Waals surface area contributed by atoms with Crippen LogP contribution >= 0.6 is 0 Å². The van der Waals surface area contributed by atoms with Crippen LogP contribution in [0.25, 0.3) is 0 Å². The van der Waals surface area contributed by atoms with Crippen LogP contribution in [0.3, 0.4) is 0 Å². The Labute approximate surface area is 110 Å². The Balaban J connectivity index is 0.00000256. The van der Waals surface area contributed by atoms with Crippen molar-refractivity contribution in [3.05, 3.63) is 5.69 Å². The maximum Gasteiger partial charge on any atom is 0.147 e. The molecule has 0 saturated carbocycles. The van der Waals surface area contributed by atoms with E-state index >= 15 is 0 Å². The maximum atomic E-state index is 5.92. The van der Waals surface area contributed by atoms with E-state index in [1.54, 1.807) is 4.68 Å². The van der Waals surface area contributed by atoms with E-state index in [0.717, 1.165) is 41.2 Å². The Bertz CT molecular complexity index is 353. The summed E-state index contributed by atoms with van der Waals surface area (Å²) in [6.45, 7) is 4.00. The van der Waals surface area contributed by atoms with Crippen LogP contribution in [-0.2, 0) is 7.05 Å². The molecule has 3 N–H and O–H groups in total. The molecule has 1 aromatic heterocycles. The molecular weight excluding hydrogens is 238 g/mol. The first kappa shape index (κ1) is 16.1. The molecule has 0 aliphatic heterocycles. The van der Waals surface area contributed by atoms with Crippen LogP contribution in [0.2, 0.25) is 0 Å². The van der Waals surface area contributed by atoms with Crippen LogP contribution in [-0.4, -0.2) is 48.5 Å². The second kappa shape index (κ2) is 6.12. The van der Waals surface area contributed by atoms with E-state index in [1.807, 2.05) is 14.0 Å². The highest BCUT2D eigenvalue weighted by Gasteiger charge is 2.10. The normalized spacial score (nSPS) is 11.1. The highest BCUT2D eigenvalue weighted by Crippen LogP contribution is 2.20. The minimum absolute atomic E-state index is 0. The van der Waals surface area contributed by atoms with Crippen molar-refractivity contribution >= 4 is 11.5 Å². The van der Waals surface area contributed by atoms with Crippen molar-refractivity contribution in [1.82, 2.24) is 9.78 Å². The number of aromatic nitrogens is 2. The zero-order chi connectivity index (χ0) is 12.3. The molecule has 0 atom stereocenters. The van der Waals surface area contributed by atoms with Crippen molar-refractivity contribution < 1.29 is 16.9 Å². The molecule has 1 aromatic rings. The number of halogens is 1. The lowest BCUT2D eigenvalue weighted by Gasteiger charge is -2.23. The van der Waals surface area contributed by atoms with Gasteiger partial charge in [-0.25, -0.2) is 0 Å². The van der Waals surface area contributed by atoms with Crippen molar-refractivity contribution in [2.75, 3.05) is 45.3 Å². The summed E-state index contributed by atoms with van der Waals surface area (Å²) < 4.78 is 2.79. The molecule has 0 aliphatic carbocycles. The fourth-order valence-corrected chi connectivity index (χ4v) is 1.64. The van der Waals surface area contributed by atoms with Gasteiger partial charge in [-0.1, -0.05) is 0 Å². The number of anilines is 2. The van der Waals surface area contributed by atoms with E-state index in [2.05, 4.69) is 31.6 Å². The number of hydrogen-bond donors (Lipinski definition) is 2. The zero-order valence-corrected chi connectivity index (χ0v) is 12.2. The van der Waals surface area contributed by atoms with E-state index in [4.69, 9.17) is 5.73 Å². The molecule has 0 fully saturated rings. The molecule has 0 saturated heterocycles. The predicted molar refractivity (Wildman–Crippen MR) is 68.4 cm³/mol. The second-order valence-electron chi connectivity index (χ2n) is 5.27. The van der Waals surface area contributed by atoms with Crippen LogP contribution < -0.4 is 23.5 Å². The van der Waals surface area contributed by atoms with Gasteiger partial charge in [-0.2, -0.15) is 5.10 Å². The van der Waals surface area contributed by atoms with Crippen LogP contribution in [0.1, 0.15) is 12.1 Å². The molecule has 0 aromatic carbocycles. The van der Waals surface area contributed by atoms with E-state index in [9.17, 15) is 0 Å². The van der Waals surface area contributed by atoms with Crippen LogP contribution in [0.4, 0.5) is 11.5 Å². The van der Waals surface area contributed by atoms with Crippen molar-refractivity contribution in [3.8, 4) is 0 Å². The van der Waals surface area contributed by atoms with Gasteiger partial charge in [0.2, 0.25) is 0 Å². The van der Waals surface area contributed by atoms with Crippen LogP contribution in [0.5, 0.6) is 0 Å². The smallest absolute Gasteiger partial charge is 0.147 e. The third kappa shape index (κ3) is 4.83. The Morgan fingerprint density at radius 1 is 1.35 bits per heavy atom. The molecule has 5 nitrogen and oxygen atoms in total. The molecule has 1 rings (SSSR count). The van der Waals surface area contributed by atoms with E-state index < -0.39 is 0 Å². The third-order valence-electron chi connectivity index (χ3n) is 2.57. The number of nitrogen functional groups attached to an aromatic ring is 1. The summed E-state index contributed by atoms with van der Waals surface area (Å²) in [5, 5.41) is 7.60. The highest BCUT2D eigenvalue weighted by atomic mass is 35.5. The molecule has 17 heavy (non-hydrogen) atoms. The van der Waals surface area contributed by atoms with Crippen molar-refractivity contribution in [1.29, 1.82) is 0 Å². The van der Waals surface area contributed by atoms with Crippen molar-refractivity contribution in [2.24, 2.45) is 7.05 Å². The van der Waals surface area contributed by atoms with E-state index in [-0.39, 0.29) is 12.4 Å². The molecule has 0 spiro atoms. The summed E-state index contributed by atoms with van der Waals surface area (Å²) >= 11 is 0. The van der Waals surface area contributed by atoms with Gasteiger partial charge in [0.25, 0.3) is 0 Å². The molecule has 0 bridgehead atoms. The summed E-state index contributed by atoms with van der Waals surface area (Å²) in [7, 11) is 8.50. The lowest BCUT2D eigenvalue weighted by molar-refractivity contribution is -0.870. The monoisotopic (exact) mass is 261 g/mol. The standard InChI is InChI=1S/C11H24N5.ClH/c1-9-10(12)11(15(2)14-9)13-7-6-8-16(3,4)5;/h13H,6-8,12H2,1-5H3;1H/q+1;/p-1. The number of hydrogen-bond acceptors (Lipinski definition) is 3. The van der Waals surface area contributed by atoms with Crippen LogP contribution in [0, 0.1) is 6.92 Å². The van der Waals surface area contributed by atoms with Gasteiger partial charge in [0.15, 0.2) is 0 Å². The highest BCUT2D eigenvalue weighted by molar-refractivity contribution is 5.64. The Hall–Kier alpha value is -0.940. The Morgan fingerprint density at radius 3 is 2.35 bits per heavy atom. The van der Waals surface area contributed by atoms with Gasteiger partial charge >= 0.3 is 0 Å². The van der Waals surface area contributed by atoms with E-state index in [0.29, 0.717) is 0 Å². The number of rotatable bonds is 5. The minimum Gasteiger partial charge on any atom is -1.00 e. The van der Waals surface area contributed by atoms with Gasteiger partial charge in [-0.3, -0.25) is 4.68 Å². The Kier molecular flexibility index (Phi) is 5.78. The first-order valence-electron chi connectivity index (χ1n) is 5.64. The first-order chi connectivity index (χ1) is 7.31. The quantitative estimate of drug-likeness (QED) is 0.468. The van der Waals surface area contributed by atoms with Crippen molar-refractivity contribution in [3.63, 3.8) is 0 Å². The van der Waals surface area contributed by atoms with Gasteiger partial charge in [-0.05, 0) is 6.92 Å². The molecule has 0 unspecified atom stereocenters.